The Hall–Kier alpha value is -1.26. The Labute approximate surface area is 109 Å². The minimum atomic E-state index is -0.712. The van der Waals surface area contributed by atoms with E-state index in [1.165, 1.54) is 28.3 Å². The summed E-state index contributed by atoms with van der Waals surface area (Å²) in [6.07, 6.45) is 0.432. The number of aliphatic hydroxyl groups is 1. The van der Waals surface area contributed by atoms with Gasteiger partial charge in [0, 0.05) is 22.2 Å². The van der Waals surface area contributed by atoms with Gasteiger partial charge in [0.25, 0.3) is 0 Å². The number of aliphatic hydroxyl groups excluding tert-OH is 1. The molecule has 0 aliphatic rings. The van der Waals surface area contributed by atoms with E-state index in [1.807, 2.05) is 19.1 Å². The molecule has 0 saturated carbocycles. The zero-order valence-electron chi connectivity index (χ0n) is 9.99. The van der Waals surface area contributed by atoms with Crippen LogP contribution in [0.15, 0.2) is 30.3 Å². The van der Waals surface area contributed by atoms with Crippen LogP contribution >= 0.6 is 11.3 Å². The molecule has 1 atom stereocenters. The molecule has 0 radical (unpaired) electrons. The van der Waals surface area contributed by atoms with Crippen molar-refractivity contribution in [3.8, 4) is 0 Å². The van der Waals surface area contributed by atoms with E-state index in [0.29, 0.717) is 5.56 Å². The molecule has 0 amide bonds. The normalized spacial score (nSPS) is 12.7. The van der Waals surface area contributed by atoms with Crippen LogP contribution in [0.1, 0.15) is 28.3 Å². The average molecular weight is 268 g/mol. The van der Waals surface area contributed by atoms with E-state index in [2.05, 4.69) is 0 Å². The van der Waals surface area contributed by atoms with Crippen molar-refractivity contribution in [1.82, 2.24) is 0 Å². The van der Waals surface area contributed by atoms with E-state index >= 15 is 0 Å². The number of rotatable bonds is 4. The Kier molecular flexibility index (Phi) is 4.09. The summed E-state index contributed by atoms with van der Waals surface area (Å²) in [6, 6.07) is 7.16. The van der Waals surface area contributed by atoms with Crippen molar-refractivity contribution in [3.05, 3.63) is 57.3 Å². The standard InChI is InChI=1S/C14H14F2OS/c1-2-12-3-4-14(18-12)13(17)7-9-5-10(15)8-11(16)6-9/h3-6,8,13,17H,2,7H2,1H3. The molecule has 1 aromatic heterocycles. The van der Waals surface area contributed by atoms with Gasteiger partial charge in [-0.15, -0.1) is 11.3 Å². The fourth-order valence-electron chi connectivity index (χ4n) is 1.82. The molecule has 2 rings (SSSR count). The van der Waals surface area contributed by atoms with E-state index < -0.39 is 17.7 Å². The quantitative estimate of drug-likeness (QED) is 0.892. The van der Waals surface area contributed by atoms with Crippen LogP contribution < -0.4 is 0 Å². The zero-order chi connectivity index (χ0) is 13.1. The van der Waals surface area contributed by atoms with Gasteiger partial charge in [0.15, 0.2) is 0 Å². The molecule has 1 aromatic carbocycles. The first kappa shape index (κ1) is 13.2. The summed E-state index contributed by atoms with van der Waals surface area (Å²) in [4.78, 5) is 2.02. The van der Waals surface area contributed by atoms with E-state index in [0.717, 1.165) is 17.4 Å². The smallest absolute Gasteiger partial charge is 0.126 e. The number of hydrogen-bond acceptors (Lipinski definition) is 2. The van der Waals surface area contributed by atoms with Crippen molar-refractivity contribution in [2.45, 2.75) is 25.9 Å². The number of aryl methyl sites for hydroxylation is 1. The molecule has 1 unspecified atom stereocenters. The molecule has 1 nitrogen and oxygen atoms in total. The minimum absolute atomic E-state index is 0.221. The van der Waals surface area contributed by atoms with E-state index in [4.69, 9.17) is 0 Å². The molecular weight excluding hydrogens is 254 g/mol. The van der Waals surface area contributed by atoms with Crippen LogP contribution in [-0.2, 0) is 12.8 Å². The fourth-order valence-corrected chi connectivity index (χ4v) is 2.75. The van der Waals surface area contributed by atoms with Gasteiger partial charge in [0.2, 0.25) is 0 Å². The van der Waals surface area contributed by atoms with E-state index in [1.54, 1.807) is 0 Å². The number of benzene rings is 1. The van der Waals surface area contributed by atoms with Crippen LogP contribution in [0.3, 0.4) is 0 Å². The highest BCUT2D eigenvalue weighted by molar-refractivity contribution is 7.12. The summed E-state index contributed by atoms with van der Waals surface area (Å²) in [6.45, 7) is 2.05. The van der Waals surface area contributed by atoms with Crippen molar-refractivity contribution in [3.63, 3.8) is 0 Å². The Morgan fingerprint density at radius 2 is 1.83 bits per heavy atom. The van der Waals surface area contributed by atoms with Crippen molar-refractivity contribution >= 4 is 11.3 Å². The van der Waals surface area contributed by atoms with Crippen LogP contribution in [0.2, 0.25) is 0 Å². The highest BCUT2D eigenvalue weighted by Gasteiger charge is 2.12. The first-order chi connectivity index (χ1) is 8.58. The van der Waals surface area contributed by atoms with Crippen LogP contribution in [0.25, 0.3) is 0 Å². The van der Waals surface area contributed by atoms with Gasteiger partial charge in [-0.2, -0.15) is 0 Å². The summed E-state index contributed by atoms with van der Waals surface area (Å²) in [7, 11) is 0. The first-order valence-electron chi connectivity index (χ1n) is 5.80. The summed E-state index contributed by atoms with van der Waals surface area (Å²) < 4.78 is 26.0. The average Bonchev–Trinajstić information content (AvgIpc) is 2.75. The molecule has 1 heterocycles. The molecule has 96 valence electrons. The van der Waals surface area contributed by atoms with Gasteiger partial charge < -0.3 is 5.11 Å². The zero-order valence-corrected chi connectivity index (χ0v) is 10.8. The van der Waals surface area contributed by atoms with E-state index in [9.17, 15) is 13.9 Å². The summed E-state index contributed by atoms with van der Waals surface area (Å²) in [5.41, 5.74) is 0.464. The van der Waals surface area contributed by atoms with Gasteiger partial charge >= 0.3 is 0 Å². The van der Waals surface area contributed by atoms with Crippen molar-refractivity contribution in [2.24, 2.45) is 0 Å². The van der Waals surface area contributed by atoms with Crippen LogP contribution in [-0.4, -0.2) is 5.11 Å². The molecule has 0 bridgehead atoms. The SMILES string of the molecule is CCc1ccc(C(O)Cc2cc(F)cc(F)c2)s1. The Balaban J connectivity index is 2.12. The third kappa shape index (κ3) is 3.15. The highest BCUT2D eigenvalue weighted by Crippen LogP contribution is 2.26. The monoisotopic (exact) mass is 268 g/mol. The van der Waals surface area contributed by atoms with Gasteiger partial charge in [0.05, 0.1) is 6.10 Å². The Morgan fingerprint density at radius 1 is 1.17 bits per heavy atom. The largest absolute Gasteiger partial charge is 0.387 e. The predicted molar refractivity (Wildman–Crippen MR) is 68.7 cm³/mol. The first-order valence-corrected chi connectivity index (χ1v) is 6.61. The molecular formula is C14H14F2OS. The van der Waals surface area contributed by atoms with Gasteiger partial charge in [-0.25, -0.2) is 8.78 Å². The lowest BCUT2D eigenvalue weighted by molar-refractivity contribution is 0.182. The molecule has 0 aliphatic carbocycles. The van der Waals surface area contributed by atoms with Crippen LogP contribution in [0.5, 0.6) is 0 Å². The number of thiophene rings is 1. The van der Waals surface area contributed by atoms with Crippen molar-refractivity contribution in [1.29, 1.82) is 0 Å². The molecule has 0 spiro atoms. The molecule has 18 heavy (non-hydrogen) atoms. The molecule has 0 aliphatic heterocycles. The lowest BCUT2D eigenvalue weighted by Crippen LogP contribution is -2.00. The molecule has 0 fully saturated rings. The maximum atomic E-state index is 13.0. The molecule has 4 heteroatoms. The van der Waals surface area contributed by atoms with Crippen LogP contribution in [0.4, 0.5) is 8.78 Å². The van der Waals surface area contributed by atoms with Gasteiger partial charge in [-0.1, -0.05) is 6.92 Å². The van der Waals surface area contributed by atoms with Crippen molar-refractivity contribution < 1.29 is 13.9 Å². The molecule has 0 saturated heterocycles. The second kappa shape index (κ2) is 5.59. The summed E-state index contributed by atoms with van der Waals surface area (Å²) in [5.74, 6) is -1.23. The lowest BCUT2D eigenvalue weighted by Gasteiger charge is -2.08. The minimum Gasteiger partial charge on any atom is -0.387 e. The number of halogens is 2. The fraction of sp³-hybridized carbons (Fsp3) is 0.286. The third-order valence-electron chi connectivity index (χ3n) is 2.71. The highest BCUT2D eigenvalue weighted by atomic mass is 32.1. The van der Waals surface area contributed by atoms with Gasteiger partial charge in [-0.05, 0) is 36.2 Å². The second-order valence-electron chi connectivity index (χ2n) is 4.16. The summed E-state index contributed by atoms with van der Waals surface area (Å²) in [5, 5.41) is 10.0. The third-order valence-corrected chi connectivity index (χ3v) is 4.04. The Bertz CT molecular complexity index is 516. The molecule has 1 N–H and O–H groups in total. The predicted octanol–water partition coefficient (Wildman–Crippen LogP) is 3.86. The topological polar surface area (TPSA) is 20.2 Å². The number of hydrogen-bond donors (Lipinski definition) is 1. The second-order valence-corrected chi connectivity index (χ2v) is 5.36. The lowest BCUT2D eigenvalue weighted by atomic mass is 10.1. The van der Waals surface area contributed by atoms with Gasteiger partial charge in [0.1, 0.15) is 11.6 Å². The van der Waals surface area contributed by atoms with E-state index in [-0.39, 0.29) is 6.42 Å². The van der Waals surface area contributed by atoms with Gasteiger partial charge in [-0.3, -0.25) is 0 Å². The summed E-state index contributed by atoms with van der Waals surface area (Å²) >= 11 is 1.53. The molecule has 2 aromatic rings. The van der Waals surface area contributed by atoms with Crippen molar-refractivity contribution in [2.75, 3.05) is 0 Å². The van der Waals surface area contributed by atoms with Crippen LogP contribution in [0, 0.1) is 11.6 Å². The maximum absolute atomic E-state index is 13.0. The maximum Gasteiger partial charge on any atom is 0.126 e. The Morgan fingerprint density at radius 3 is 2.39 bits per heavy atom.